The van der Waals surface area contributed by atoms with E-state index in [0.29, 0.717) is 24.1 Å². The minimum absolute atomic E-state index is 0.129. The molecule has 5 rings (SSSR count). The SMILES string of the molecule is COC(=O)c1ccc(F)c(C2CC(CN(C)Cc3cccc4ccccc34)Oc3ccccc32)c1. The molecule has 0 amide bonds. The molecule has 2 atom stereocenters. The highest BCUT2D eigenvalue weighted by Gasteiger charge is 2.32. The average molecular weight is 470 g/mol. The Kier molecular flexibility index (Phi) is 6.51. The largest absolute Gasteiger partial charge is 0.489 e. The van der Waals surface area contributed by atoms with Gasteiger partial charge in [0.1, 0.15) is 17.7 Å². The Bertz CT molecular complexity index is 1360. The van der Waals surface area contributed by atoms with Crippen LogP contribution >= 0.6 is 0 Å². The molecule has 0 N–H and O–H groups in total. The Labute approximate surface area is 204 Å². The van der Waals surface area contributed by atoms with E-state index in [4.69, 9.17) is 9.47 Å². The lowest BCUT2D eigenvalue weighted by Gasteiger charge is -2.35. The molecule has 4 nitrogen and oxygen atoms in total. The number of benzene rings is 4. The van der Waals surface area contributed by atoms with Gasteiger partial charge in [-0.05, 0) is 59.6 Å². The highest BCUT2D eigenvalue weighted by molar-refractivity contribution is 5.89. The Morgan fingerprint density at radius 1 is 1.00 bits per heavy atom. The number of halogens is 1. The van der Waals surface area contributed by atoms with Crippen molar-refractivity contribution < 1.29 is 18.7 Å². The number of rotatable bonds is 6. The molecule has 0 spiro atoms. The van der Waals surface area contributed by atoms with E-state index in [9.17, 15) is 4.79 Å². The summed E-state index contributed by atoms with van der Waals surface area (Å²) >= 11 is 0. The van der Waals surface area contributed by atoms with Crippen molar-refractivity contribution in [3.63, 3.8) is 0 Å². The van der Waals surface area contributed by atoms with Crippen LogP contribution in [0.2, 0.25) is 0 Å². The third-order valence-electron chi connectivity index (χ3n) is 6.71. The number of hydrogen-bond acceptors (Lipinski definition) is 4. The number of ether oxygens (including phenoxy) is 2. The zero-order valence-corrected chi connectivity index (χ0v) is 19.9. The first-order valence-corrected chi connectivity index (χ1v) is 11.8. The molecule has 0 fully saturated rings. The second kappa shape index (κ2) is 9.88. The van der Waals surface area contributed by atoms with Crippen LogP contribution in [0.3, 0.4) is 0 Å². The summed E-state index contributed by atoms with van der Waals surface area (Å²) in [5, 5.41) is 2.47. The fourth-order valence-corrected chi connectivity index (χ4v) is 5.09. The van der Waals surface area contributed by atoms with Crippen LogP contribution in [0.5, 0.6) is 5.75 Å². The zero-order valence-electron chi connectivity index (χ0n) is 19.9. The standard InChI is InChI=1S/C30H28FNO3/c1-32(18-22-10-7-9-20-8-3-4-11-24(20)22)19-23-17-26(25-12-5-6-13-29(25)35-23)27-16-21(30(33)34-2)14-15-28(27)31/h3-16,23,26H,17-19H2,1-2H3. The Morgan fingerprint density at radius 3 is 2.63 bits per heavy atom. The minimum Gasteiger partial charge on any atom is -0.489 e. The van der Waals surface area contributed by atoms with Gasteiger partial charge in [0, 0.05) is 24.6 Å². The highest BCUT2D eigenvalue weighted by atomic mass is 19.1. The summed E-state index contributed by atoms with van der Waals surface area (Å²) in [4.78, 5) is 14.4. The van der Waals surface area contributed by atoms with E-state index in [-0.39, 0.29) is 17.8 Å². The molecule has 2 unspecified atom stereocenters. The number of hydrogen-bond donors (Lipinski definition) is 0. The molecule has 0 aromatic heterocycles. The quantitative estimate of drug-likeness (QED) is 0.316. The summed E-state index contributed by atoms with van der Waals surface area (Å²) in [7, 11) is 3.41. The van der Waals surface area contributed by atoms with Crippen LogP contribution in [0.4, 0.5) is 4.39 Å². The van der Waals surface area contributed by atoms with Crippen molar-refractivity contribution in [1.29, 1.82) is 0 Å². The van der Waals surface area contributed by atoms with E-state index in [0.717, 1.165) is 17.9 Å². The van der Waals surface area contributed by atoms with Gasteiger partial charge in [0.15, 0.2) is 0 Å². The van der Waals surface area contributed by atoms with Gasteiger partial charge in [-0.15, -0.1) is 0 Å². The molecule has 35 heavy (non-hydrogen) atoms. The summed E-state index contributed by atoms with van der Waals surface area (Å²) in [6.07, 6.45) is 0.481. The first-order valence-electron chi connectivity index (χ1n) is 11.8. The van der Waals surface area contributed by atoms with Gasteiger partial charge in [-0.3, -0.25) is 4.90 Å². The number of likely N-dealkylation sites (N-methyl/N-ethyl adjacent to an activating group) is 1. The molecule has 0 saturated heterocycles. The Balaban J connectivity index is 1.40. The smallest absolute Gasteiger partial charge is 0.337 e. The molecular weight excluding hydrogens is 441 g/mol. The molecule has 0 radical (unpaired) electrons. The maximum Gasteiger partial charge on any atom is 0.337 e. The third-order valence-corrected chi connectivity index (χ3v) is 6.71. The predicted octanol–water partition coefficient (Wildman–Crippen LogP) is 6.18. The molecule has 0 aliphatic carbocycles. The number of nitrogens with zero attached hydrogens (tertiary/aromatic N) is 1. The Morgan fingerprint density at radius 2 is 1.77 bits per heavy atom. The van der Waals surface area contributed by atoms with E-state index in [1.165, 1.54) is 35.6 Å². The van der Waals surface area contributed by atoms with Crippen LogP contribution < -0.4 is 4.74 Å². The molecule has 178 valence electrons. The lowest BCUT2D eigenvalue weighted by Crippen LogP contribution is -2.37. The zero-order chi connectivity index (χ0) is 24.4. The minimum atomic E-state index is -0.474. The number of para-hydroxylation sites is 1. The van der Waals surface area contributed by atoms with Crippen LogP contribution in [0.1, 0.15) is 39.4 Å². The van der Waals surface area contributed by atoms with Crippen molar-refractivity contribution in [2.45, 2.75) is 25.0 Å². The van der Waals surface area contributed by atoms with Gasteiger partial charge >= 0.3 is 5.97 Å². The molecule has 5 heteroatoms. The summed E-state index contributed by atoms with van der Waals surface area (Å²) < 4.78 is 26.3. The number of carbonyl (C=O) groups excluding carboxylic acids is 1. The molecule has 4 aromatic carbocycles. The topological polar surface area (TPSA) is 38.8 Å². The fraction of sp³-hybridized carbons (Fsp3) is 0.233. The van der Waals surface area contributed by atoms with Crippen molar-refractivity contribution in [3.05, 3.63) is 113 Å². The molecule has 0 bridgehead atoms. The number of fused-ring (bicyclic) bond motifs is 2. The highest BCUT2D eigenvalue weighted by Crippen LogP contribution is 2.41. The van der Waals surface area contributed by atoms with E-state index in [1.807, 2.05) is 24.3 Å². The van der Waals surface area contributed by atoms with E-state index in [1.54, 1.807) is 6.07 Å². The fourth-order valence-electron chi connectivity index (χ4n) is 5.09. The van der Waals surface area contributed by atoms with Crippen LogP contribution in [0.25, 0.3) is 10.8 Å². The summed E-state index contributed by atoms with van der Waals surface area (Å²) in [6, 6.07) is 27.0. The molecule has 1 heterocycles. The second-order valence-electron chi connectivity index (χ2n) is 9.13. The van der Waals surface area contributed by atoms with E-state index < -0.39 is 5.97 Å². The molecule has 1 aliphatic heterocycles. The number of carbonyl (C=O) groups is 1. The van der Waals surface area contributed by atoms with Crippen molar-refractivity contribution >= 4 is 16.7 Å². The number of methoxy groups -OCH3 is 1. The summed E-state index contributed by atoms with van der Waals surface area (Å²) in [6.45, 7) is 1.46. The van der Waals surface area contributed by atoms with Crippen LogP contribution in [0, 0.1) is 5.82 Å². The summed E-state index contributed by atoms with van der Waals surface area (Å²) in [5.41, 5.74) is 3.03. The lowest BCUT2D eigenvalue weighted by molar-refractivity contribution is 0.0600. The molecule has 4 aromatic rings. The van der Waals surface area contributed by atoms with Gasteiger partial charge in [0.05, 0.1) is 12.7 Å². The van der Waals surface area contributed by atoms with Crippen molar-refractivity contribution in [3.8, 4) is 5.75 Å². The molecular formula is C30H28FNO3. The van der Waals surface area contributed by atoms with Crippen molar-refractivity contribution in [2.75, 3.05) is 20.7 Å². The Hall–Kier alpha value is -3.70. The summed E-state index contributed by atoms with van der Waals surface area (Å²) in [5.74, 6) is -0.268. The van der Waals surface area contributed by atoms with Crippen LogP contribution in [-0.2, 0) is 11.3 Å². The van der Waals surface area contributed by atoms with Gasteiger partial charge in [-0.1, -0.05) is 60.7 Å². The normalized spacial score (nSPS) is 17.1. The van der Waals surface area contributed by atoms with Gasteiger partial charge < -0.3 is 9.47 Å². The van der Waals surface area contributed by atoms with E-state index >= 15 is 4.39 Å². The van der Waals surface area contributed by atoms with Crippen molar-refractivity contribution in [1.82, 2.24) is 4.90 Å². The lowest BCUT2D eigenvalue weighted by atomic mass is 9.83. The van der Waals surface area contributed by atoms with Gasteiger partial charge in [-0.2, -0.15) is 0 Å². The average Bonchev–Trinajstić information content (AvgIpc) is 2.88. The van der Waals surface area contributed by atoms with Crippen molar-refractivity contribution in [2.24, 2.45) is 0 Å². The maximum absolute atomic E-state index is 15.0. The third kappa shape index (κ3) is 4.77. The van der Waals surface area contributed by atoms with E-state index in [2.05, 4.69) is 54.4 Å². The molecule has 1 aliphatic rings. The molecule has 0 saturated carbocycles. The first-order chi connectivity index (χ1) is 17.0. The monoisotopic (exact) mass is 469 g/mol. The van der Waals surface area contributed by atoms with Gasteiger partial charge in [-0.25, -0.2) is 9.18 Å². The second-order valence-corrected chi connectivity index (χ2v) is 9.13. The van der Waals surface area contributed by atoms with Gasteiger partial charge in [0.25, 0.3) is 0 Å². The van der Waals surface area contributed by atoms with Crippen LogP contribution in [-0.4, -0.2) is 37.7 Å². The van der Waals surface area contributed by atoms with Crippen LogP contribution in [0.15, 0.2) is 84.9 Å². The maximum atomic E-state index is 15.0. The van der Waals surface area contributed by atoms with Gasteiger partial charge in [0.2, 0.25) is 0 Å². The predicted molar refractivity (Wildman–Crippen MR) is 135 cm³/mol. The first kappa shape index (κ1) is 23.1. The number of esters is 1.